The molecule has 2 atom stereocenters. The number of carbonyl (C=O) groups is 5. The second-order valence-corrected chi connectivity index (χ2v) is 10.6. The van der Waals surface area contributed by atoms with Gasteiger partial charge in [0, 0.05) is 13.0 Å². The lowest BCUT2D eigenvalue weighted by atomic mass is 10.1. The van der Waals surface area contributed by atoms with Crippen molar-refractivity contribution in [1.82, 2.24) is 0 Å². The molecule has 0 N–H and O–H groups in total. The lowest BCUT2D eigenvalue weighted by Crippen LogP contribution is -2.44. The van der Waals surface area contributed by atoms with Crippen LogP contribution in [0, 0.1) is 6.92 Å². The highest BCUT2D eigenvalue weighted by Crippen LogP contribution is 2.35. The molecular formula is C35H48N2O12. The molecule has 0 aliphatic rings. The summed E-state index contributed by atoms with van der Waals surface area (Å²) in [6.07, 6.45) is 0. The minimum absolute atomic E-state index is 0.00787. The zero-order valence-electron chi connectivity index (χ0n) is 29.6. The SMILES string of the molecule is CCOC(=O)CN(c1ccc(C)cc1OCCOc1ccc(OC(C)=O)cc1N(CC(=O)OCC)C(C)C(=O)OCC)C(C)C(=O)OCC. The average Bonchev–Trinajstić information content (AvgIpc) is 3.05. The van der Waals surface area contributed by atoms with Crippen molar-refractivity contribution in [3.05, 3.63) is 42.0 Å². The van der Waals surface area contributed by atoms with E-state index in [-0.39, 0.29) is 69.9 Å². The van der Waals surface area contributed by atoms with Gasteiger partial charge in [0.2, 0.25) is 0 Å². The van der Waals surface area contributed by atoms with Crippen LogP contribution in [0.25, 0.3) is 0 Å². The lowest BCUT2D eigenvalue weighted by Gasteiger charge is -2.31. The van der Waals surface area contributed by atoms with Crippen molar-refractivity contribution in [1.29, 1.82) is 0 Å². The monoisotopic (exact) mass is 688 g/mol. The van der Waals surface area contributed by atoms with Crippen LogP contribution in [0.4, 0.5) is 11.4 Å². The first-order valence-electron chi connectivity index (χ1n) is 16.2. The van der Waals surface area contributed by atoms with E-state index in [1.54, 1.807) is 64.6 Å². The molecule has 0 aliphatic carbocycles. The number of aryl methyl sites for hydroxylation is 1. The largest absolute Gasteiger partial charge is 0.488 e. The van der Waals surface area contributed by atoms with Crippen molar-refractivity contribution >= 4 is 41.2 Å². The standard InChI is InChI=1S/C35H48N2O12/c1-9-43-32(39)21-36(24(6)34(41)45-11-3)28-15-13-23(5)19-31(28)48-18-17-47-30-16-14-27(49-26(8)38)20-29(30)37(22-33(40)44-10-2)25(7)35(42)46-12-4/h13-16,19-20,24-25H,9-12,17-18,21-22H2,1-8H3. The quantitative estimate of drug-likeness (QED) is 0.0850. The topological polar surface area (TPSA) is 156 Å². The molecule has 0 spiro atoms. The molecule has 2 rings (SSSR count). The van der Waals surface area contributed by atoms with E-state index in [4.69, 9.17) is 33.2 Å². The van der Waals surface area contributed by atoms with Crippen LogP contribution in [0.3, 0.4) is 0 Å². The second-order valence-electron chi connectivity index (χ2n) is 10.6. The number of nitrogens with zero attached hydrogens (tertiary/aromatic N) is 2. The number of carbonyl (C=O) groups excluding carboxylic acids is 5. The van der Waals surface area contributed by atoms with Crippen LogP contribution in [-0.2, 0) is 42.9 Å². The fraction of sp³-hybridized carbons (Fsp3) is 0.514. The third-order valence-corrected chi connectivity index (χ3v) is 6.92. The third kappa shape index (κ3) is 12.5. The van der Waals surface area contributed by atoms with E-state index in [0.717, 1.165) is 5.56 Å². The zero-order chi connectivity index (χ0) is 36.5. The summed E-state index contributed by atoms with van der Waals surface area (Å²) in [5.74, 6) is -1.99. The van der Waals surface area contributed by atoms with Gasteiger partial charge in [-0.3, -0.25) is 14.4 Å². The van der Waals surface area contributed by atoms with Gasteiger partial charge in [0.05, 0.1) is 37.8 Å². The fourth-order valence-electron chi connectivity index (χ4n) is 4.68. The number of rotatable bonds is 20. The maximum atomic E-state index is 12.8. The number of esters is 5. The molecule has 0 saturated heterocycles. The van der Waals surface area contributed by atoms with Gasteiger partial charge < -0.3 is 43.0 Å². The average molecular weight is 689 g/mol. The molecule has 0 heterocycles. The number of anilines is 2. The molecule has 2 aromatic carbocycles. The van der Waals surface area contributed by atoms with Crippen LogP contribution < -0.4 is 24.0 Å². The van der Waals surface area contributed by atoms with Crippen LogP contribution in [0.5, 0.6) is 17.2 Å². The Morgan fingerprint density at radius 2 is 1.12 bits per heavy atom. The minimum Gasteiger partial charge on any atom is -0.488 e. The number of ether oxygens (including phenoxy) is 7. The fourth-order valence-corrected chi connectivity index (χ4v) is 4.68. The smallest absolute Gasteiger partial charge is 0.328 e. The number of benzene rings is 2. The van der Waals surface area contributed by atoms with Gasteiger partial charge in [0.25, 0.3) is 0 Å². The lowest BCUT2D eigenvalue weighted by molar-refractivity contribution is -0.146. The molecule has 0 radical (unpaired) electrons. The van der Waals surface area contributed by atoms with Crippen molar-refractivity contribution in [2.24, 2.45) is 0 Å². The number of hydrogen-bond acceptors (Lipinski definition) is 14. The molecule has 270 valence electrons. The summed E-state index contributed by atoms with van der Waals surface area (Å²) >= 11 is 0. The van der Waals surface area contributed by atoms with Gasteiger partial charge in [0.15, 0.2) is 0 Å². The molecule has 0 aliphatic heterocycles. The molecule has 2 unspecified atom stereocenters. The predicted molar refractivity (Wildman–Crippen MR) is 180 cm³/mol. The van der Waals surface area contributed by atoms with Gasteiger partial charge in [-0.05, 0) is 78.3 Å². The van der Waals surface area contributed by atoms with E-state index in [0.29, 0.717) is 11.4 Å². The molecule has 14 nitrogen and oxygen atoms in total. The molecule has 0 amide bonds. The van der Waals surface area contributed by atoms with Crippen LogP contribution >= 0.6 is 0 Å². The highest BCUT2D eigenvalue weighted by Gasteiger charge is 2.30. The van der Waals surface area contributed by atoms with Crippen molar-refractivity contribution in [3.63, 3.8) is 0 Å². The Morgan fingerprint density at radius 3 is 1.61 bits per heavy atom. The maximum Gasteiger partial charge on any atom is 0.328 e. The molecule has 0 bridgehead atoms. The summed E-state index contributed by atoms with van der Waals surface area (Å²) in [6.45, 7) is 13.1. The van der Waals surface area contributed by atoms with Gasteiger partial charge in [0.1, 0.15) is 55.6 Å². The van der Waals surface area contributed by atoms with E-state index in [9.17, 15) is 24.0 Å². The Labute approximate surface area is 287 Å². The first kappa shape index (κ1) is 40.2. The van der Waals surface area contributed by atoms with E-state index in [1.165, 1.54) is 24.0 Å². The van der Waals surface area contributed by atoms with Gasteiger partial charge in [-0.1, -0.05) is 6.07 Å². The Bertz CT molecular complexity index is 1430. The molecule has 14 heteroatoms. The Balaban J connectivity index is 2.42. The molecule has 0 fully saturated rings. The van der Waals surface area contributed by atoms with Crippen LogP contribution in [0.15, 0.2) is 36.4 Å². The van der Waals surface area contributed by atoms with Crippen molar-refractivity contribution in [3.8, 4) is 17.2 Å². The third-order valence-electron chi connectivity index (χ3n) is 6.92. The highest BCUT2D eigenvalue weighted by atomic mass is 16.6. The predicted octanol–water partition coefficient (Wildman–Crippen LogP) is 4.02. The van der Waals surface area contributed by atoms with Crippen LogP contribution in [0.1, 0.15) is 54.0 Å². The second kappa shape index (κ2) is 20.4. The summed E-state index contributed by atoms with van der Waals surface area (Å²) < 4.78 is 38.3. The summed E-state index contributed by atoms with van der Waals surface area (Å²) in [7, 11) is 0. The first-order chi connectivity index (χ1) is 23.4. The molecular weight excluding hydrogens is 640 g/mol. The number of hydrogen-bond donors (Lipinski definition) is 0. The van der Waals surface area contributed by atoms with Crippen molar-refractivity contribution < 1.29 is 57.1 Å². The Kier molecular flexibility index (Phi) is 16.7. The van der Waals surface area contributed by atoms with Crippen LogP contribution in [0.2, 0.25) is 0 Å². The van der Waals surface area contributed by atoms with Gasteiger partial charge in [-0.2, -0.15) is 0 Å². The zero-order valence-corrected chi connectivity index (χ0v) is 29.6. The van der Waals surface area contributed by atoms with Crippen LogP contribution in [-0.4, -0.2) is 94.7 Å². The Morgan fingerprint density at radius 1 is 0.633 bits per heavy atom. The van der Waals surface area contributed by atoms with Gasteiger partial charge >= 0.3 is 29.8 Å². The van der Waals surface area contributed by atoms with Crippen molar-refractivity contribution in [2.75, 3.05) is 62.5 Å². The minimum atomic E-state index is -0.947. The van der Waals surface area contributed by atoms with E-state index >= 15 is 0 Å². The van der Waals surface area contributed by atoms with E-state index in [1.807, 2.05) is 13.0 Å². The molecule has 2 aromatic rings. The van der Waals surface area contributed by atoms with E-state index < -0.39 is 41.9 Å². The maximum absolute atomic E-state index is 12.8. The summed E-state index contributed by atoms with van der Waals surface area (Å²) in [6, 6.07) is 8.10. The summed E-state index contributed by atoms with van der Waals surface area (Å²) in [4.78, 5) is 65.4. The molecule has 0 saturated carbocycles. The summed E-state index contributed by atoms with van der Waals surface area (Å²) in [5.41, 5.74) is 1.60. The van der Waals surface area contributed by atoms with Crippen molar-refractivity contribution in [2.45, 2.75) is 67.5 Å². The van der Waals surface area contributed by atoms with E-state index in [2.05, 4.69) is 0 Å². The van der Waals surface area contributed by atoms with Gasteiger partial charge in [-0.15, -0.1) is 0 Å². The molecule has 0 aromatic heterocycles. The highest BCUT2D eigenvalue weighted by molar-refractivity contribution is 5.86. The normalized spacial score (nSPS) is 11.8. The summed E-state index contributed by atoms with van der Waals surface area (Å²) in [5, 5.41) is 0. The molecule has 49 heavy (non-hydrogen) atoms. The van der Waals surface area contributed by atoms with Gasteiger partial charge in [-0.25, -0.2) is 9.59 Å². The first-order valence-corrected chi connectivity index (χ1v) is 16.2. The Hall–Kier alpha value is -5.01.